The molecule has 0 bridgehead atoms. The highest BCUT2D eigenvalue weighted by molar-refractivity contribution is 7.11. The molecule has 1 atom stereocenters. The van der Waals surface area contributed by atoms with Crippen molar-refractivity contribution in [3.63, 3.8) is 0 Å². The predicted octanol–water partition coefficient (Wildman–Crippen LogP) is 5.11. The van der Waals surface area contributed by atoms with Gasteiger partial charge in [-0.05, 0) is 17.9 Å². The minimum Gasteiger partial charge on any atom is -0.387 e. The molecule has 1 N–H and O–H groups in total. The molecule has 3 rings (SSSR count). The molecule has 2 nitrogen and oxygen atoms in total. The number of hydrogen-bond donors (Lipinski definition) is 1. The molecule has 0 aliphatic heterocycles. The summed E-state index contributed by atoms with van der Waals surface area (Å²) in [6.45, 7) is 1.95. The van der Waals surface area contributed by atoms with Crippen molar-refractivity contribution in [2.24, 2.45) is 0 Å². The molecule has 1 aromatic carbocycles. The van der Waals surface area contributed by atoms with E-state index in [0.717, 1.165) is 26.7 Å². The Morgan fingerprint density at radius 2 is 1.95 bits per heavy atom. The fourth-order valence-electron chi connectivity index (χ4n) is 2.08. The number of thiazole rings is 1. The number of hydrogen-bond acceptors (Lipinski definition) is 4. The van der Waals surface area contributed by atoms with Crippen LogP contribution in [0.15, 0.2) is 41.1 Å². The van der Waals surface area contributed by atoms with Crippen LogP contribution in [0, 0.1) is 6.92 Å². The SMILES string of the molecule is Cc1csc(C(O)Cc2nc(-c3ccccc3)cs2)c1Cl. The molecule has 5 heteroatoms. The van der Waals surface area contributed by atoms with E-state index in [0.29, 0.717) is 11.4 Å². The summed E-state index contributed by atoms with van der Waals surface area (Å²) < 4.78 is 0. The Bertz CT molecular complexity index is 736. The molecule has 0 fully saturated rings. The van der Waals surface area contributed by atoms with Crippen molar-refractivity contribution >= 4 is 34.3 Å². The van der Waals surface area contributed by atoms with Gasteiger partial charge in [-0.25, -0.2) is 4.98 Å². The first-order valence-electron chi connectivity index (χ1n) is 6.56. The minimum atomic E-state index is -0.592. The second-order valence-electron chi connectivity index (χ2n) is 4.81. The van der Waals surface area contributed by atoms with Crippen LogP contribution in [0.4, 0.5) is 0 Å². The molecule has 0 aliphatic carbocycles. The van der Waals surface area contributed by atoms with Crippen molar-refractivity contribution in [1.29, 1.82) is 0 Å². The van der Waals surface area contributed by atoms with Gasteiger partial charge in [0.05, 0.1) is 26.7 Å². The quantitative estimate of drug-likeness (QED) is 0.718. The third-order valence-corrected chi connectivity index (χ3v) is 5.90. The normalized spacial score (nSPS) is 12.5. The number of aryl methyl sites for hydroxylation is 1. The molecule has 0 saturated carbocycles. The number of benzene rings is 1. The topological polar surface area (TPSA) is 33.1 Å². The van der Waals surface area contributed by atoms with Crippen molar-refractivity contribution in [1.82, 2.24) is 4.98 Å². The Kier molecular flexibility index (Phi) is 4.40. The molecule has 3 aromatic rings. The molecular weight excluding hydrogens is 322 g/mol. The van der Waals surface area contributed by atoms with Crippen LogP contribution < -0.4 is 0 Å². The summed E-state index contributed by atoms with van der Waals surface area (Å²) in [6, 6.07) is 10.1. The second kappa shape index (κ2) is 6.28. The monoisotopic (exact) mass is 335 g/mol. The van der Waals surface area contributed by atoms with Crippen molar-refractivity contribution < 1.29 is 5.11 Å². The highest BCUT2D eigenvalue weighted by atomic mass is 35.5. The standard InChI is InChI=1S/C16H14ClNOS2/c1-10-8-21-16(15(10)17)13(19)7-14-18-12(9-20-14)11-5-3-2-4-6-11/h2-6,8-9,13,19H,7H2,1H3. The van der Waals surface area contributed by atoms with Crippen LogP contribution >= 0.6 is 34.3 Å². The van der Waals surface area contributed by atoms with Crippen LogP contribution in [0.5, 0.6) is 0 Å². The molecule has 2 heterocycles. The van der Waals surface area contributed by atoms with E-state index in [1.807, 2.05) is 48.0 Å². The minimum absolute atomic E-state index is 0.497. The largest absolute Gasteiger partial charge is 0.387 e. The van der Waals surface area contributed by atoms with Crippen LogP contribution in [0.25, 0.3) is 11.3 Å². The molecular formula is C16H14ClNOS2. The van der Waals surface area contributed by atoms with E-state index in [4.69, 9.17) is 11.6 Å². The maximum absolute atomic E-state index is 10.3. The molecule has 108 valence electrons. The van der Waals surface area contributed by atoms with E-state index in [2.05, 4.69) is 4.98 Å². The van der Waals surface area contributed by atoms with Crippen molar-refractivity contribution in [3.05, 3.63) is 61.6 Å². The Morgan fingerprint density at radius 1 is 1.19 bits per heavy atom. The summed E-state index contributed by atoms with van der Waals surface area (Å²) in [5.41, 5.74) is 3.07. The lowest BCUT2D eigenvalue weighted by molar-refractivity contribution is 0.182. The van der Waals surface area contributed by atoms with Crippen molar-refractivity contribution in [2.75, 3.05) is 0 Å². The number of aromatic nitrogens is 1. The summed E-state index contributed by atoms with van der Waals surface area (Å²) >= 11 is 9.28. The third-order valence-electron chi connectivity index (χ3n) is 3.22. The molecule has 0 radical (unpaired) electrons. The zero-order chi connectivity index (χ0) is 14.8. The van der Waals surface area contributed by atoms with Gasteiger partial charge in [0.25, 0.3) is 0 Å². The van der Waals surface area contributed by atoms with Crippen LogP contribution in [0.3, 0.4) is 0 Å². The summed E-state index contributed by atoms with van der Waals surface area (Å²) in [5, 5.41) is 15.9. The van der Waals surface area contributed by atoms with E-state index in [-0.39, 0.29) is 0 Å². The Balaban J connectivity index is 1.77. The number of rotatable bonds is 4. The molecule has 0 aliphatic rings. The molecule has 21 heavy (non-hydrogen) atoms. The average Bonchev–Trinajstić information content (AvgIpc) is 3.08. The molecule has 0 amide bonds. The van der Waals surface area contributed by atoms with Crippen LogP contribution in [-0.4, -0.2) is 10.1 Å². The first-order valence-corrected chi connectivity index (χ1v) is 8.70. The highest BCUT2D eigenvalue weighted by Crippen LogP contribution is 2.34. The average molecular weight is 336 g/mol. The Hall–Kier alpha value is -1.20. The van der Waals surface area contributed by atoms with Crippen molar-refractivity contribution in [2.45, 2.75) is 19.4 Å². The predicted molar refractivity (Wildman–Crippen MR) is 90.3 cm³/mol. The fourth-order valence-corrected chi connectivity index (χ4v) is 4.23. The third kappa shape index (κ3) is 3.19. The molecule has 1 unspecified atom stereocenters. The Labute approximate surface area is 136 Å². The van der Waals surface area contributed by atoms with Gasteiger partial charge in [0, 0.05) is 17.4 Å². The number of thiophene rings is 1. The molecule has 2 aromatic heterocycles. The maximum Gasteiger partial charge on any atom is 0.0962 e. The van der Waals surface area contributed by atoms with Gasteiger partial charge >= 0.3 is 0 Å². The zero-order valence-electron chi connectivity index (χ0n) is 11.4. The lowest BCUT2D eigenvalue weighted by atomic mass is 10.2. The summed E-state index contributed by atoms with van der Waals surface area (Å²) in [4.78, 5) is 5.43. The first-order chi connectivity index (χ1) is 10.1. The van der Waals surface area contributed by atoms with Gasteiger partial charge in [0.2, 0.25) is 0 Å². The van der Waals surface area contributed by atoms with Gasteiger partial charge in [-0.15, -0.1) is 22.7 Å². The van der Waals surface area contributed by atoms with E-state index < -0.39 is 6.10 Å². The Morgan fingerprint density at radius 3 is 2.62 bits per heavy atom. The van der Waals surface area contributed by atoms with E-state index in [1.165, 1.54) is 11.3 Å². The number of nitrogens with zero attached hydrogens (tertiary/aromatic N) is 1. The fraction of sp³-hybridized carbons (Fsp3) is 0.188. The van der Waals surface area contributed by atoms with E-state index in [1.54, 1.807) is 11.3 Å². The summed E-state index contributed by atoms with van der Waals surface area (Å²) in [7, 11) is 0. The van der Waals surface area contributed by atoms with Crippen LogP contribution in [-0.2, 0) is 6.42 Å². The lowest BCUT2D eigenvalue weighted by Crippen LogP contribution is -2.00. The van der Waals surface area contributed by atoms with Gasteiger partial charge in [-0.3, -0.25) is 0 Å². The number of aliphatic hydroxyl groups is 1. The van der Waals surface area contributed by atoms with Gasteiger partial charge in [-0.2, -0.15) is 0 Å². The molecule has 0 saturated heterocycles. The van der Waals surface area contributed by atoms with Crippen LogP contribution in [0.1, 0.15) is 21.6 Å². The molecule has 0 spiro atoms. The van der Waals surface area contributed by atoms with Gasteiger partial charge < -0.3 is 5.11 Å². The van der Waals surface area contributed by atoms with E-state index in [9.17, 15) is 5.11 Å². The zero-order valence-corrected chi connectivity index (χ0v) is 13.8. The number of halogens is 1. The first kappa shape index (κ1) is 14.7. The highest BCUT2D eigenvalue weighted by Gasteiger charge is 2.17. The summed E-state index contributed by atoms with van der Waals surface area (Å²) in [5.74, 6) is 0. The van der Waals surface area contributed by atoms with Gasteiger partial charge in [-0.1, -0.05) is 41.9 Å². The second-order valence-corrected chi connectivity index (χ2v) is 7.04. The van der Waals surface area contributed by atoms with Gasteiger partial charge in [0.15, 0.2) is 0 Å². The maximum atomic E-state index is 10.3. The van der Waals surface area contributed by atoms with Gasteiger partial charge in [0.1, 0.15) is 0 Å². The number of aliphatic hydroxyl groups excluding tert-OH is 1. The van der Waals surface area contributed by atoms with Crippen molar-refractivity contribution in [3.8, 4) is 11.3 Å². The van der Waals surface area contributed by atoms with Crippen LogP contribution in [0.2, 0.25) is 5.02 Å². The smallest absolute Gasteiger partial charge is 0.0962 e. The lowest BCUT2D eigenvalue weighted by Gasteiger charge is -2.07. The van der Waals surface area contributed by atoms with E-state index >= 15 is 0 Å². The summed E-state index contributed by atoms with van der Waals surface area (Å²) in [6.07, 6.45) is -0.0945.